The van der Waals surface area contributed by atoms with Gasteiger partial charge in [0.25, 0.3) is 0 Å². The SMILES string of the molecule is CC(C)C(O)CNc1ncnc(NN)c1[N+](=O)[O-]. The maximum absolute atomic E-state index is 10.9. The van der Waals surface area contributed by atoms with Crippen LogP contribution in [0, 0.1) is 16.0 Å². The van der Waals surface area contributed by atoms with Gasteiger partial charge < -0.3 is 15.8 Å². The van der Waals surface area contributed by atoms with Crippen molar-refractivity contribution in [3.63, 3.8) is 0 Å². The molecule has 0 bridgehead atoms. The lowest BCUT2D eigenvalue weighted by Gasteiger charge is -2.15. The third kappa shape index (κ3) is 3.25. The van der Waals surface area contributed by atoms with E-state index in [0.717, 1.165) is 6.33 Å². The summed E-state index contributed by atoms with van der Waals surface area (Å²) in [7, 11) is 0. The van der Waals surface area contributed by atoms with Crippen LogP contribution in [-0.4, -0.2) is 32.6 Å². The second-order valence-electron chi connectivity index (χ2n) is 4.01. The maximum atomic E-state index is 10.9. The highest BCUT2D eigenvalue weighted by atomic mass is 16.6. The Hall–Kier alpha value is -2.00. The summed E-state index contributed by atoms with van der Waals surface area (Å²) in [5.41, 5.74) is 1.78. The molecule has 1 aromatic rings. The molecule has 9 heteroatoms. The fourth-order valence-corrected chi connectivity index (χ4v) is 1.22. The van der Waals surface area contributed by atoms with E-state index in [1.807, 2.05) is 13.8 Å². The van der Waals surface area contributed by atoms with Crippen LogP contribution in [-0.2, 0) is 0 Å². The Morgan fingerprint density at radius 3 is 2.61 bits per heavy atom. The van der Waals surface area contributed by atoms with Crippen molar-refractivity contribution in [3.05, 3.63) is 16.4 Å². The lowest BCUT2D eigenvalue weighted by molar-refractivity contribution is -0.383. The summed E-state index contributed by atoms with van der Waals surface area (Å²) in [6, 6.07) is 0. The lowest BCUT2D eigenvalue weighted by Crippen LogP contribution is -2.25. The average molecular weight is 256 g/mol. The number of nitro groups is 1. The number of nitrogens with zero attached hydrogens (tertiary/aromatic N) is 3. The predicted octanol–water partition coefficient (Wildman–Crippen LogP) is 0.0992. The van der Waals surface area contributed by atoms with Crippen LogP contribution in [0.1, 0.15) is 13.8 Å². The quantitative estimate of drug-likeness (QED) is 0.319. The van der Waals surface area contributed by atoms with Gasteiger partial charge in [-0.3, -0.25) is 10.1 Å². The van der Waals surface area contributed by atoms with E-state index in [0.29, 0.717) is 0 Å². The van der Waals surface area contributed by atoms with Gasteiger partial charge in [-0.05, 0) is 5.92 Å². The molecule has 100 valence electrons. The first-order valence-corrected chi connectivity index (χ1v) is 5.35. The maximum Gasteiger partial charge on any atom is 0.354 e. The van der Waals surface area contributed by atoms with E-state index in [2.05, 4.69) is 20.7 Å². The smallest absolute Gasteiger partial charge is 0.354 e. The minimum atomic E-state index is -0.640. The Morgan fingerprint density at radius 2 is 2.11 bits per heavy atom. The van der Waals surface area contributed by atoms with Crippen molar-refractivity contribution in [2.45, 2.75) is 20.0 Å². The number of nitrogen functional groups attached to an aromatic ring is 1. The summed E-state index contributed by atoms with van der Waals surface area (Å²) in [5.74, 6) is 5.10. The van der Waals surface area contributed by atoms with Gasteiger partial charge in [-0.25, -0.2) is 15.8 Å². The molecular weight excluding hydrogens is 240 g/mol. The molecule has 0 aliphatic heterocycles. The monoisotopic (exact) mass is 256 g/mol. The molecule has 0 saturated carbocycles. The van der Waals surface area contributed by atoms with Gasteiger partial charge in [0.05, 0.1) is 11.0 Å². The van der Waals surface area contributed by atoms with Crippen LogP contribution in [0.3, 0.4) is 0 Å². The summed E-state index contributed by atoms with van der Waals surface area (Å²) in [6.45, 7) is 3.83. The molecule has 0 saturated heterocycles. The zero-order valence-electron chi connectivity index (χ0n) is 10.1. The highest BCUT2D eigenvalue weighted by Gasteiger charge is 2.23. The fourth-order valence-electron chi connectivity index (χ4n) is 1.22. The molecule has 9 nitrogen and oxygen atoms in total. The molecule has 5 N–H and O–H groups in total. The molecule has 0 fully saturated rings. The van der Waals surface area contributed by atoms with Gasteiger partial charge in [-0.1, -0.05) is 13.8 Å². The molecule has 1 heterocycles. The third-order valence-corrected chi connectivity index (χ3v) is 2.39. The van der Waals surface area contributed by atoms with Crippen LogP contribution in [0.5, 0.6) is 0 Å². The van der Waals surface area contributed by atoms with Crippen molar-refractivity contribution >= 4 is 17.3 Å². The Bertz CT molecular complexity index is 425. The highest BCUT2D eigenvalue weighted by molar-refractivity contribution is 5.68. The lowest BCUT2D eigenvalue weighted by atomic mass is 10.1. The van der Waals surface area contributed by atoms with E-state index >= 15 is 0 Å². The minimum absolute atomic E-state index is 0.0163. The zero-order valence-corrected chi connectivity index (χ0v) is 10.1. The van der Waals surface area contributed by atoms with Crippen molar-refractivity contribution in [2.24, 2.45) is 11.8 Å². The number of aromatic nitrogens is 2. The molecule has 1 aromatic heterocycles. The number of anilines is 2. The molecule has 18 heavy (non-hydrogen) atoms. The van der Waals surface area contributed by atoms with Crippen molar-refractivity contribution in [2.75, 3.05) is 17.3 Å². The van der Waals surface area contributed by atoms with Gasteiger partial charge >= 0.3 is 5.69 Å². The molecule has 0 aliphatic carbocycles. The first-order valence-electron chi connectivity index (χ1n) is 5.35. The fraction of sp³-hybridized carbons (Fsp3) is 0.556. The van der Waals surface area contributed by atoms with Crippen LogP contribution < -0.4 is 16.6 Å². The molecule has 0 spiro atoms. The predicted molar refractivity (Wildman–Crippen MR) is 65.8 cm³/mol. The van der Waals surface area contributed by atoms with Gasteiger partial charge in [-0.2, -0.15) is 0 Å². The first kappa shape index (κ1) is 14.1. The number of aliphatic hydroxyl groups is 1. The van der Waals surface area contributed by atoms with Crippen LogP contribution in [0.15, 0.2) is 6.33 Å². The van der Waals surface area contributed by atoms with E-state index in [-0.39, 0.29) is 29.8 Å². The second-order valence-corrected chi connectivity index (χ2v) is 4.01. The number of rotatable bonds is 6. The van der Waals surface area contributed by atoms with E-state index < -0.39 is 11.0 Å². The number of hydrazine groups is 1. The Balaban J connectivity index is 2.91. The normalized spacial score (nSPS) is 12.3. The Labute approximate surface area is 104 Å². The summed E-state index contributed by atoms with van der Waals surface area (Å²) in [4.78, 5) is 17.7. The van der Waals surface area contributed by atoms with E-state index in [4.69, 9.17) is 5.84 Å². The number of hydrogen-bond acceptors (Lipinski definition) is 8. The Morgan fingerprint density at radius 1 is 1.50 bits per heavy atom. The van der Waals surface area contributed by atoms with Gasteiger partial charge in [0.2, 0.25) is 11.6 Å². The van der Waals surface area contributed by atoms with E-state index in [1.54, 1.807) is 0 Å². The standard InChI is InChI=1S/C9H16N6O3/c1-5(2)6(16)3-11-8-7(15(17)18)9(14-10)13-4-12-8/h4-6,16H,3,10H2,1-2H3,(H2,11,12,13,14). The van der Waals surface area contributed by atoms with Gasteiger partial charge in [0, 0.05) is 6.54 Å². The summed E-state index contributed by atoms with van der Waals surface area (Å²) >= 11 is 0. The zero-order chi connectivity index (χ0) is 13.7. The summed E-state index contributed by atoms with van der Waals surface area (Å²) in [5, 5.41) is 23.2. The molecule has 0 amide bonds. The van der Waals surface area contributed by atoms with E-state index in [1.165, 1.54) is 0 Å². The van der Waals surface area contributed by atoms with Gasteiger partial charge in [0.15, 0.2) is 0 Å². The van der Waals surface area contributed by atoms with Crippen molar-refractivity contribution in [1.29, 1.82) is 0 Å². The molecular formula is C9H16N6O3. The second kappa shape index (κ2) is 6.07. The van der Waals surface area contributed by atoms with Gasteiger partial charge in [-0.15, -0.1) is 0 Å². The number of nitrogens with two attached hydrogens (primary N) is 1. The van der Waals surface area contributed by atoms with E-state index in [9.17, 15) is 15.2 Å². The van der Waals surface area contributed by atoms with Crippen molar-refractivity contribution < 1.29 is 10.0 Å². The summed E-state index contributed by atoms with van der Waals surface area (Å²) in [6.07, 6.45) is 0.514. The average Bonchev–Trinajstić information content (AvgIpc) is 2.34. The molecule has 1 unspecified atom stereocenters. The summed E-state index contributed by atoms with van der Waals surface area (Å²) < 4.78 is 0. The molecule has 1 atom stereocenters. The minimum Gasteiger partial charge on any atom is -0.391 e. The van der Waals surface area contributed by atoms with Crippen molar-refractivity contribution in [3.8, 4) is 0 Å². The van der Waals surface area contributed by atoms with Crippen LogP contribution in [0.4, 0.5) is 17.3 Å². The van der Waals surface area contributed by atoms with Crippen molar-refractivity contribution in [1.82, 2.24) is 9.97 Å². The highest BCUT2D eigenvalue weighted by Crippen LogP contribution is 2.27. The van der Waals surface area contributed by atoms with Crippen LogP contribution in [0.2, 0.25) is 0 Å². The first-order chi connectivity index (χ1) is 8.47. The molecule has 0 aromatic carbocycles. The molecule has 0 radical (unpaired) electrons. The van der Waals surface area contributed by atoms with Crippen LogP contribution in [0.25, 0.3) is 0 Å². The third-order valence-electron chi connectivity index (χ3n) is 2.39. The molecule has 1 rings (SSSR count). The van der Waals surface area contributed by atoms with Gasteiger partial charge in [0.1, 0.15) is 6.33 Å². The number of aliphatic hydroxyl groups excluding tert-OH is 1. The largest absolute Gasteiger partial charge is 0.391 e. The topological polar surface area (TPSA) is 139 Å². The van der Waals surface area contributed by atoms with Crippen LogP contribution >= 0.6 is 0 Å². The molecule has 0 aliphatic rings. The number of nitrogens with one attached hydrogen (secondary N) is 2. The number of hydrogen-bond donors (Lipinski definition) is 4. The Kier molecular flexibility index (Phi) is 4.75.